The maximum absolute atomic E-state index is 15.5. The molecule has 0 atom stereocenters. The summed E-state index contributed by atoms with van der Waals surface area (Å²) < 4.78 is 62.8. The molecule has 1 aliphatic heterocycles. The van der Waals surface area contributed by atoms with Gasteiger partial charge in [0.15, 0.2) is 23.1 Å². The molecule has 0 bridgehead atoms. The molecule has 1 amide bonds. The molecule has 0 saturated carbocycles. The Labute approximate surface area is 282 Å². The van der Waals surface area contributed by atoms with Crippen LogP contribution < -0.4 is 35.2 Å². The molecule has 254 valence electrons. The number of ether oxygens (including phenoxy) is 3. The second kappa shape index (κ2) is 13.4. The van der Waals surface area contributed by atoms with Gasteiger partial charge in [-0.3, -0.25) is 9.59 Å². The molecule has 3 heterocycles. The predicted molar refractivity (Wildman–Crippen MR) is 182 cm³/mol. The van der Waals surface area contributed by atoms with Crippen LogP contribution in [0.4, 0.5) is 24.5 Å². The van der Waals surface area contributed by atoms with Crippen molar-refractivity contribution in [1.82, 2.24) is 19.9 Å². The molecular formula is C36H29F3N6O5. The lowest BCUT2D eigenvalue weighted by molar-refractivity contribution is 0.102. The number of amides is 1. The predicted octanol–water partition coefficient (Wildman–Crippen LogP) is 5.82. The van der Waals surface area contributed by atoms with Crippen LogP contribution in [-0.2, 0) is 0 Å². The van der Waals surface area contributed by atoms with Gasteiger partial charge in [0.1, 0.15) is 23.5 Å². The molecule has 0 spiro atoms. The van der Waals surface area contributed by atoms with Gasteiger partial charge in [-0.2, -0.15) is 0 Å². The van der Waals surface area contributed by atoms with Crippen molar-refractivity contribution in [2.75, 3.05) is 50.6 Å². The summed E-state index contributed by atoms with van der Waals surface area (Å²) in [6.45, 7) is 2.45. The molecule has 50 heavy (non-hydrogen) atoms. The highest BCUT2D eigenvalue weighted by atomic mass is 19.1. The molecule has 7 rings (SSSR count). The number of rotatable bonds is 8. The Bertz CT molecular complexity index is 2330. The lowest BCUT2D eigenvalue weighted by Crippen LogP contribution is -2.43. The minimum Gasteiger partial charge on any atom is -0.493 e. The van der Waals surface area contributed by atoms with E-state index in [-0.39, 0.29) is 28.3 Å². The second-order valence-electron chi connectivity index (χ2n) is 11.4. The van der Waals surface area contributed by atoms with Crippen molar-refractivity contribution in [2.45, 2.75) is 0 Å². The molecule has 0 aliphatic carbocycles. The average Bonchev–Trinajstić information content (AvgIpc) is 3.13. The number of nitrogens with one attached hydrogen (secondary N) is 2. The van der Waals surface area contributed by atoms with Gasteiger partial charge in [-0.15, -0.1) is 0 Å². The van der Waals surface area contributed by atoms with Crippen molar-refractivity contribution < 1.29 is 32.2 Å². The molecule has 0 unspecified atom stereocenters. The van der Waals surface area contributed by atoms with Crippen LogP contribution in [0.3, 0.4) is 0 Å². The number of anilines is 2. The number of aromatic nitrogens is 3. The van der Waals surface area contributed by atoms with Gasteiger partial charge >= 0.3 is 0 Å². The van der Waals surface area contributed by atoms with Crippen LogP contribution >= 0.6 is 0 Å². The Morgan fingerprint density at radius 2 is 1.58 bits per heavy atom. The van der Waals surface area contributed by atoms with Crippen molar-refractivity contribution >= 4 is 39.1 Å². The molecule has 11 nitrogen and oxygen atoms in total. The van der Waals surface area contributed by atoms with Crippen LogP contribution in [0.2, 0.25) is 0 Å². The van der Waals surface area contributed by atoms with Crippen molar-refractivity contribution in [3.05, 3.63) is 112 Å². The Balaban J connectivity index is 1.22. The molecule has 1 fully saturated rings. The van der Waals surface area contributed by atoms with Gasteiger partial charge in [-0.25, -0.2) is 23.1 Å². The molecule has 2 aromatic heterocycles. The van der Waals surface area contributed by atoms with Crippen LogP contribution in [0.1, 0.15) is 10.4 Å². The normalized spacial score (nSPS) is 13.0. The summed E-state index contributed by atoms with van der Waals surface area (Å²) in [7, 11) is 2.96. The van der Waals surface area contributed by atoms with Crippen LogP contribution in [-0.4, -0.2) is 60.8 Å². The Morgan fingerprint density at radius 3 is 2.30 bits per heavy atom. The van der Waals surface area contributed by atoms with Crippen LogP contribution in [0.5, 0.6) is 23.1 Å². The summed E-state index contributed by atoms with van der Waals surface area (Å²) >= 11 is 0. The van der Waals surface area contributed by atoms with E-state index in [9.17, 15) is 14.0 Å². The fourth-order valence-electron chi connectivity index (χ4n) is 5.86. The summed E-state index contributed by atoms with van der Waals surface area (Å²) in [6, 6.07) is 15.1. The third-order valence-corrected chi connectivity index (χ3v) is 8.38. The van der Waals surface area contributed by atoms with E-state index in [0.717, 1.165) is 12.1 Å². The Hall–Kier alpha value is -6.15. The van der Waals surface area contributed by atoms with E-state index in [1.165, 1.54) is 67.7 Å². The molecule has 1 saturated heterocycles. The van der Waals surface area contributed by atoms with Gasteiger partial charge in [-0.05, 0) is 54.6 Å². The van der Waals surface area contributed by atoms with Gasteiger partial charge in [0, 0.05) is 61.3 Å². The number of piperazine rings is 1. The number of nitrogens with zero attached hydrogens (tertiary/aromatic N) is 4. The maximum Gasteiger partial charge on any atom is 0.261 e. The molecule has 14 heteroatoms. The molecular weight excluding hydrogens is 653 g/mol. The monoisotopic (exact) mass is 682 g/mol. The lowest BCUT2D eigenvalue weighted by Gasteiger charge is -2.30. The van der Waals surface area contributed by atoms with E-state index in [0.29, 0.717) is 65.5 Å². The average molecular weight is 683 g/mol. The zero-order chi connectivity index (χ0) is 34.9. The van der Waals surface area contributed by atoms with Gasteiger partial charge in [0.25, 0.3) is 5.91 Å². The van der Waals surface area contributed by atoms with Crippen molar-refractivity contribution in [1.29, 1.82) is 0 Å². The highest BCUT2D eigenvalue weighted by Crippen LogP contribution is 2.36. The van der Waals surface area contributed by atoms with Crippen molar-refractivity contribution in [2.24, 2.45) is 0 Å². The first-order valence-corrected chi connectivity index (χ1v) is 15.5. The molecule has 6 aromatic rings. The summed E-state index contributed by atoms with van der Waals surface area (Å²) in [5.74, 6) is -2.10. The topological polar surface area (TPSA) is 120 Å². The first-order valence-electron chi connectivity index (χ1n) is 15.5. The fraction of sp³-hybridized carbons (Fsp3) is 0.167. The van der Waals surface area contributed by atoms with Gasteiger partial charge in [0.2, 0.25) is 11.3 Å². The van der Waals surface area contributed by atoms with E-state index in [4.69, 9.17) is 14.2 Å². The highest BCUT2D eigenvalue weighted by molar-refractivity contribution is 6.06. The second-order valence-corrected chi connectivity index (χ2v) is 11.4. The van der Waals surface area contributed by atoms with Gasteiger partial charge in [-0.1, -0.05) is 0 Å². The van der Waals surface area contributed by atoms with Crippen LogP contribution in [0.15, 0.2) is 84.0 Å². The Kier molecular flexibility index (Phi) is 8.68. The zero-order valence-electron chi connectivity index (χ0n) is 26.8. The summed E-state index contributed by atoms with van der Waals surface area (Å²) in [5.41, 5.74) is 0.486. The number of halogens is 3. The minimum atomic E-state index is -0.866. The number of benzene rings is 4. The molecule has 0 radical (unpaired) electrons. The number of fused-ring (bicyclic) bond motifs is 2. The number of pyridine rings is 1. The first kappa shape index (κ1) is 32.4. The molecule has 2 N–H and O–H groups in total. The standard InChI is InChI=1S/C36H29F3N6O5/c1-48-32-15-23-28(16-33(32)49-2)41-19-42-36(23)50-31-8-5-21(13-27(31)39)43-35(47)25-18-45(22-6-3-20(37)4-7-22)29-17-30(44-11-9-40-10-12-44)26(38)14-24(29)34(25)46/h3-8,13-19,40H,9-12H2,1-2H3,(H,43,47). The fourth-order valence-corrected chi connectivity index (χ4v) is 5.86. The SMILES string of the molecule is COc1cc2ncnc(Oc3ccc(NC(=O)c4cn(-c5ccc(F)cc5)c5cc(N6CCNCC6)c(F)cc5c4=O)cc3F)c2cc1OC. The van der Waals surface area contributed by atoms with E-state index >= 15 is 8.78 Å². The largest absolute Gasteiger partial charge is 0.493 e. The number of carbonyl (C=O) groups excluding carboxylic acids is 1. The smallest absolute Gasteiger partial charge is 0.261 e. The van der Waals surface area contributed by atoms with E-state index in [1.807, 2.05) is 4.90 Å². The van der Waals surface area contributed by atoms with Crippen molar-refractivity contribution in [3.8, 4) is 28.8 Å². The maximum atomic E-state index is 15.5. The first-order chi connectivity index (χ1) is 24.2. The van der Waals surface area contributed by atoms with Crippen LogP contribution in [0, 0.1) is 17.5 Å². The van der Waals surface area contributed by atoms with Gasteiger partial charge < -0.3 is 34.3 Å². The number of hydrogen-bond acceptors (Lipinski definition) is 9. The number of hydrogen-bond donors (Lipinski definition) is 2. The van der Waals surface area contributed by atoms with E-state index in [2.05, 4.69) is 20.6 Å². The lowest BCUT2D eigenvalue weighted by atomic mass is 10.1. The zero-order valence-corrected chi connectivity index (χ0v) is 26.8. The highest BCUT2D eigenvalue weighted by Gasteiger charge is 2.22. The van der Waals surface area contributed by atoms with E-state index < -0.39 is 28.8 Å². The van der Waals surface area contributed by atoms with Gasteiger partial charge in [0.05, 0.1) is 36.3 Å². The Morgan fingerprint density at radius 1 is 0.840 bits per heavy atom. The third-order valence-electron chi connectivity index (χ3n) is 8.38. The molecule has 1 aliphatic rings. The van der Waals surface area contributed by atoms with E-state index in [1.54, 1.807) is 18.2 Å². The minimum absolute atomic E-state index is 0.0202. The summed E-state index contributed by atoms with van der Waals surface area (Å²) in [5, 5.41) is 6.15. The molecule has 4 aromatic carbocycles. The third kappa shape index (κ3) is 6.12. The van der Waals surface area contributed by atoms with Crippen molar-refractivity contribution in [3.63, 3.8) is 0 Å². The summed E-state index contributed by atoms with van der Waals surface area (Å²) in [4.78, 5) is 37.5. The van der Waals surface area contributed by atoms with Crippen LogP contribution in [0.25, 0.3) is 27.5 Å². The summed E-state index contributed by atoms with van der Waals surface area (Å²) in [6.07, 6.45) is 2.57. The number of methoxy groups -OCH3 is 2. The quantitative estimate of drug-likeness (QED) is 0.205. The number of carbonyl (C=O) groups is 1.